The fourth-order valence-electron chi connectivity index (χ4n) is 2.31. The van der Waals surface area contributed by atoms with Crippen LogP contribution in [0.4, 0.5) is 0 Å². The van der Waals surface area contributed by atoms with Crippen LogP contribution in [-0.4, -0.2) is 65.7 Å². The summed E-state index contributed by atoms with van der Waals surface area (Å²) in [4.78, 5) is 2.17. The maximum Gasteiger partial charge on any atom is 0.224 e. The summed E-state index contributed by atoms with van der Waals surface area (Å²) in [6, 6.07) is 0.197. The highest BCUT2D eigenvalue weighted by atomic mass is 79.9. The zero-order valence-corrected chi connectivity index (χ0v) is 10.7. The van der Waals surface area contributed by atoms with Crippen molar-refractivity contribution in [2.24, 2.45) is 0 Å². The lowest BCUT2D eigenvalue weighted by Crippen LogP contribution is -2.52. The van der Waals surface area contributed by atoms with Crippen molar-refractivity contribution in [3.8, 4) is 0 Å². The van der Waals surface area contributed by atoms with Gasteiger partial charge in [-0.15, -0.1) is 0 Å². The van der Waals surface area contributed by atoms with E-state index in [4.69, 9.17) is 0 Å². The molecule has 1 N–H and O–H groups in total. The van der Waals surface area contributed by atoms with Gasteiger partial charge in [0.15, 0.2) is 0 Å². The van der Waals surface area contributed by atoms with Crippen LogP contribution >= 0.6 is 15.9 Å². The van der Waals surface area contributed by atoms with Crippen LogP contribution < -0.4 is 0 Å². The fourth-order valence-corrected chi connectivity index (χ4v) is 4.08. The Hall–Kier alpha value is 0.310. The minimum Gasteiger partial charge on any atom is -0.392 e. The van der Waals surface area contributed by atoms with Gasteiger partial charge in [0.2, 0.25) is 10.0 Å². The minimum atomic E-state index is -3.14. The Morgan fingerprint density at radius 3 is 2.73 bits per heavy atom. The van der Waals surface area contributed by atoms with Crippen LogP contribution in [0.15, 0.2) is 0 Å². The number of halogens is 1. The van der Waals surface area contributed by atoms with Crippen LogP contribution in [0.25, 0.3) is 0 Å². The van der Waals surface area contributed by atoms with Gasteiger partial charge in [0.1, 0.15) is 4.66 Å². The van der Waals surface area contributed by atoms with Gasteiger partial charge < -0.3 is 5.11 Å². The van der Waals surface area contributed by atoms with E-state index in [0.29, 0.717) is 26.1 Å². The molecule has 2 aliphatic rings. The van der Waals surface area contributed by atoms with Crippen LogP contribution in [0.5, 0.6) is 0 Å². The molecule has 0 saturated carbocycles. The third-order valence-electron chi connectivity index (χ3n) is 3.09. The molecule has 0 aromatic carbocycles. The summed E-state index contributed by atoms with van der Waals surface area (Å²) in [5.41, 5.74) is 0. The highest BCUT2D eigenvalue weighted by Crippen LogP contribution is 2.23. The molecule has 0 aromatic rings. The number of aliphatic hydroxyl groups excluding tert-OH is 1. The number of piperazine rings is 1. The Labute approximate surface area is 98.2 Å². The van der Waals surface area contributed by atoms with E-state index in [2.05, 4.69) is 20.8 Å². The fraction of sp³-hybridized carbons (Fsp3) is 1.00. The molecule has 2 saturated heterocycles. The third-order valence-corrected chi connectivity index (χ3v) is 6.22. The number of hydrogen-bond donors (Lipinski definition) is 1. The molecular weight excluding hydrogens is 284 g/mol. The first-order valence-corrected chi connectivity index (χ1v) is 7.72. The molecule has 88 valence electrons. The largest absolute Gasteiger partial charge is 0.392 e. The van der Waals surface area contributed by atoms with E-state index >= 15 is 0 Å². The van der Waals surface area contributed by atoms with Gasteiger partial charge in [-0.1, -0.05) is 15.9 Å². The van der Waals surface area contributed by atoms with E-state index in [-0.39, 0.29) is 16.8 Å². The summed E-state index contributed by atoms with van der Waals surface area (Å²) in [5, 5.41) is 9.49. The highest BCUT2D eigenvalue weighted by Gasteiger charge is 2.38. The number of rotatable bonds is 2. The van der Waals surface area contributed by atoms with E-state index in [1.165, 1.54) is 4.31 Å². The summed E-state index contributed by atoms with van der Waals surface area (Å²) in [5.74, 6) is 0. The Morgan fingerprint density at radius 1 is 1.33 bits per heavy atom. The molecule has 2 atom stereocenters. The molecule has 2 unspecified atom stereocenters. The molecular formula is C8H15BrN2O3S. The first kappa shape index (κ1) is 11.8. The molecule has 2 aliphatic heterocycles. The number of aliphatic hydroxyl groups is 1. The van der Waals surface area contributed by atoms with Crippen molar-refractivity contribution in [3.05, 3.63) is 0 Å². The summed E-state index contributed by atoms with van der Waals surface area (Å²) in [7, 11) is -3.14. The van der Waals surface area contributed by atoms with Crippen LogP contribution in [0.3, 0.4) is 0 Å². The Balaban J connectivity index is 2.04. The van der Waals surface area contributed by atoms with Crippen molar-refractivity contribution < 1.29 is 13.5 Å². The third kappa shape index (κ3) is 2.36. The van der Waals surface area contributed by atoms with Gasteiger partial charge in [-0.25, -0.2) is 8.42 Å². The molecule has 0 bridgehead atoms. The Bertz CT molecular complexity index is 335. The molecule has 15 heavy (non-hydrogen) atoms. The number of hydrogen-bond acceptors (Lipinski definition) is 4. The molecule has 2 heterocycles. The van der Waals surface area contributed by atoms with Crippen molar-refractivity contribution in [2.75, 3.05) is 30.8 Å². The molecule has 0 amide bonds. The second-order valence-corrected chi connectivity index (χ2v) is 7.39. The molecule has 0 aromatic heterocycles. The predicted octanol–water partition coefficient (Wildman–Crippen LogP) is -0.581. The lowest BCUT2D eigenvalue weighted by atomic mass is 10.2. The van der Waals surface area contributed by atoms with E-state index in [0.717, 1.165) is 6.54 Å². The standard InChI is InChI=1S/C8H15BrN2O3S/c9-6-15(13,14)11-2-1-10-5-8(12)3-7(10)4-11/h7-8,12H,1-6H2. The average Bonchev–Trinajstić information content (AvgIpc) is 2.56. The molecule has 2 fully saturated rings. The molecule has 0 spiro atoms. The van der Waals surface area contributed by atoms with Gasteiger partial charge in [0, 0.05) is 32.2 Å². The van der Waals surface area contributed by atoms with Crippen LogP contribution in [-0.2, 0) is 10.0 Å². The van der Waals surface area contributed by atoms with Crippen LogP contribution in [0.1, 0.15) is 6.42 Å². The van der Waals surface area contributed by atoms with Crippen LogP contribution in [0, 0.1) is 0 Å². The summed E-state index contributed by atoms with van der Waals surface area (Å²) in [6.45, 7) is 2.48. The van der Waals surface area contributed by atoms with Gasteiger partial charge in [-0.3, -0.25) is 4.90 Å². The van der Waals surface area contributed by atoms with Crippen molar-refractivity contribution in [3.63, 3.8) is 0 Å². The van der Waals surface area contributed by atoms with Gasteiger partial charge in [-0.05, 0) is 6.42 Å². The number of fused-ring (bicyclic) bond motifs is 1. The minimum absolute atomic E-state index is 0.0186. The SMILES string of the molecule is O=S(=O)(CBr)N1CCN2CC(O)CC2C1. The lowest BCUT2D eigenvalue weighted by molar-refractivity contribution is 0.148. The first-order valence-electron chi connectivity index (χ1n) is 4.99. The second kappa shape index (κ2) is 4.29. The Morgan fingerprint density at radius 2 is 2.07 bits per heavy atom. The van der Waals surface area contributed by atoms with Gasteiger partial charge in [0.05, 0.1) is 6.10 Å². The van der Waals surface area contributed by atoms with E-state index < -0.39 is 10.0 Å². The number of alkyl halides is 1. The summed E-state index contributed by atoms with van der Waals surface area (Å²) < 4.78 is 24.7. The maximum absolute atomic E-state index is 11.6. The first-order chi connectivity index (χ1) is 7.03. The quantitative estimate of drug-likeness (QED) is 0.693. The molecule has 0 aliphatic carbocycles. The highest BCUT2D eigenvalue weighted by molar-refractivity contribution is 9.10. The molecule has 5 nitrogen and oxygen atoms in total. The van der Waals surface area contributed by atoms with Crippen molar-refractivity contribution in [1.29, 1.82) is 0 Å². The number of nitrogens with zero attached hydrogens (tertiary/aromatic N) is 2. The average molecular weight is 299 g/mol. The van der Waals surface area contributed by atoms with Gasteiger partial charge in [-0.2, -0.15) is 4.31 Å². The monoisotopic (exact) mass is 298 g/mol. The maximum atomic E-state index is 11.6. The second-order valence-electron chi connectivity index (χ2n) is 4.12. The van der Waals surface area contributed by atoms with Crippen molar-refractivity contribution in [2.45, 2.75) is 18.6 Å². The zero-order valence-electron chi connectivity index (χ0n) is 8.34. The summed E-state index contributed by atoms with van der Waals surface area (Å²) in [6.07, 6.45) is 0.399. The van der Waals surface area contributed by atoms with Crippen molar-refractivity contribution >= 4 is 26.0 Å². The van der Waals surface area contributed by atoms with Gasteiger partial charge in [0.25, 0.3) is 0 Å². The van der Waals surface area contributed by atoms with E-state index in [9.17, 15) is 13.5 Å². The van der Waals surface area contributed by atoms with E-state index in [1.807, 2.05) is 0 Å². The molecule has 2 rings (SSSR count). The smallest absolute Gasteiger partial charge is 0.224 e. The van der Waals surface area contributed by atoms with Gasteiger partial charge >= 0.3 is 0 Å². The van der Waals surface area contributed by atoms with E-state index in [1.54, 1.807) is 0 Å². The van der Waals surface area contributed by atoms with Crippen molar-refractivity contribution in [1.82, 2.24) is 9.21 Å². The Kier molecular flexibility index (Phi) is 3.37. The predicted molar refractivity (Wildman–Crippen MR) is 60.3 cm³/mol. The summed E-state index contributed by atoms with van der Waals surface area (Å²) >= 11 is 3.00. The molecule has 0 radical (unpaired) electrons. The molecule has 7 heteroatoms. The normalized spacial score (nSPS) is 34.3. The van der Waals surface area contributed by atoms with Crippen LogP contribution in [0.2, 0.25) is 0 Å². The topological polar surface area (TPSA) is 60.9 Å². The lowest BCUT2D eigenvalue weighted by Gasteiger charge is -2.36. The zero-order chi connectivity index (χ0) is 11.1. The number of sulfonamides is 1.